The van der Waals surface area contributed by atoms with Crippen LogP contribution in [0.5, 0.6) is 5.75 Å². The highest BCUT2D eigenvalue weighted by Crippen LogP contribution is 2.29. The molecule has 0 unspecified atom stereocenters. The van der Waals surface area contributed by atoms with Crippen molar-refractivity contribution in [2.75, 3.05) is 38.2 Å². The summed E-state index contributed by atoms with van der Waals surface area (Å²) in [5.74, 6) is -0.133. The van der Waals surface area contributed by atoms with Gasteiger partial charge in [0, 0.05) is 23.2 Å². The third-order valence-corrected chi connectivity index (χ3v) is 6.66. The van der Waals surface area contributed by atoms with E-state index in [9.17, 15) is 13.2 Å². The number of nitrogens with zero attached hydrogens (tertiary/aromatic N) is 1. The van der Waals surface area contributed by atoms with E-state index in [2.05, 4.69) is 21.2 Å². The highest BCUT2D eigenvalue weighted by Gasteiger charge is 2.27. The van der Waals surface area contributed by atoms with Crippen molar-refractivity contribution in [3.63, 3.8) is 0 Å². The number of amides is 1. The van der Waals surface area contributed by atoms with Gasteiger partial charge in [0.1, 0.15) is 5.75 Å². The van der Waals surface area contributed by atoms with Gasteiger partial charge in [-0.2, -0.15) is 4.31 Å². The maximum Gasteiger partial charge on any atom is 0.262 e. The maximum absolute atomic E-state index is 12.7. The minimum Gasteiger partial charge on any atom is -0.482 e. The van der Waals surface area contributed by atoms with E-state index in [1.165, 1.54) is 22.5 Å². The van der Waals surface area contributed by atoms with Crippen LogP contribution in [0.1, 0.15) is 0 Å². The second-order valence-corrected chi connectivity index (χ2v) is 9.22. The average molecular weight is 490 g/mol. The van der Waals surface area contributed by atoms with Crippen molar-refractivity contribution in [1.82, 2.24) is 4.31 Å². The van der Waals surface area contributed by atoms with Crippen molar-refractivity contribution in [2.45, 2.75) is 4.90 Å². The fraction of sp³-hybridized carbons (Fsp3) is 0.278. The summed E-state index contributed by atoms with van der Waals surface area (Å²) in [6.45, 7) is 1.06. The lowest BCUT2D eigenvalue weighted by Crippen LogP contribution is -2.40. The Kier molecular flexibility index (Phi) is 6.95. The van der Waals surface area contributed by atoms with Gasteiger partial charge in [-0.25, -0.2) is 8.42 Å². The van der Waals surface area contributed by atoms with E-state index in [0.717, 1.165) is 4.47 Å². The number of nitrogens with one attached hydrogen (secondary N) is 1. The molecule has 0 aliphatic carbocycles. The number of hydrogen-bond donors (Lipinski definition) is 1. The summed E-state index contributed by atoms with van der Waals surface area (Å²) in [5, 5.41) is 2.82. The molecule has 1 fully saturated rings. The van der Waals surface area contributed by atoms with Crippen molar-refractivity contribution < 1.29 is 22.7 Å². The monoisotopic (exact) mass is 488 g/mol. The van der Waals surface area contributed by atoms with Gasteiger partial charge in [0.05, 0.1) is 23.1 Å². The first-order valence-electron chi connectivity index (χ1n) is 8.42. The van der Waals surface area contributed by atoms with Crippen LogP contribution in [0.2, 0.25) is 5.02 Å². The number of ether oxygens (including phenoxy) is 2. The molecule has 1 saturated heterocycles. The first-order chi connectivity index (χ1) is 13.4. The van der Waals surface area contributed by atoms with Gasteiger partial charge < -0.3 is 14.8 Å². The minimum atomic E-state index is -3.65. The number of rotatable bonds is 6. The molecule has 0 radical (unpaired) electrons. The van der Waals surface area contributed by atoms with E-state index < -0.39 is 10.0 Å². The molecular formula is C18H18BrClN2O5S. The van der Waals surface area contributed by atoms with E-state index in [0.29, 0.717) is 32.0 Å². The van der Waals surface area contributed by atoms with Crippen LogP contribution < -0.4 is 10.1 Å². The van der Waals surface area contributed by atoms with E-state index in [-0.39, 0.29) is 28.2 Å². The molecular weight excluding hydrogens is 472 g/mol. The number of carbonyl (C=O) groups is 1. The smallest absolute Gasteiger partial charge is 0.262 e. The number of anilines is 1. The van der Waals surface area contributed by atoms with Crippen LogP contribution in [-0.4, -0.2) is 51.5 Å². The Morgan fingerprint density at radius 3 is 2.64 bits per heavy atom. The number of benzene rings is 2. The summed E-state index contributed by atoms with van der Waals surface area (Å²) in [5.41, 5.74) is 0.626. The van der Waals surface area contributed by atoms with Gasteiger partial charge in [-0.15, -0.1) is 0 Å². The summed E-state index contributed by atoms with van der Waals surface area (Å²) in [6.07, 6.45) is 0. The van der Waals surface area contributed by atoms with Crippen LogP contribution in [0.15, 0.2) is 51.8 Å². The normalized spacial score (nSPS) is 15.2. The van der Waals surface area contributed by atoms with E-state index >= 15 is 0 Å². The average Bonchev–Trinajstić information content (AvgIpc) is 2.67. The second-order valence-electron chi connectivity index (χ2n) is 5.96. The summed E-state index contributed by atoms with van der Waals surface area (Å²) in [4.78, 5) is 12.1. The molecule has 1 aliphatic heterocycles. The van der Waals surface area contributed by atoms with Crippen LogP contribution in [0.3, 0.4) is 0 Å². The van der Waals surface area contributed by atoms with Gasteiger partial charge in [0.15, 0.2) is 6.61 Å². The van der Waals surface area contributed by atoms with Gasteiger partial charge in [-0.05, 0) is 36.4 Å². The van der Waals surface area contributed by atoms with E-state index in [1.807, 2.05) is 6.07 Å². The fourth-order valence-corrected chi connectivity index (χ4v) is 4.74. The fourth-order valence-electron chi connectivity index (χ4n) is 2.60. The Morgan fingerprint density at radius 2 is 1.96 bits per heavy atom. The first-order valence-corrected chi connectivity index (χ1v) is 11.0. The number of sulfonamides is 1. The molecule has 150 valence electrons. The number of hydrogen-bond acceptors (Lipinski definition) is 5. The van der Waals surface area contributed by atoms with Crippen molar-refractivity contribution >= 4 is 49.1 Å². The molecule has 2 aromatic rings. The van der Waals surface area contributed by atoms with Crippen molar-refractivity contribution in [3.05, 3.63) is 52.0 Å². The number of halogens is 2. The van der Waals surface area contributed by atoms with Gasteiger partial charge >= 0.3 is 0 Å². The van der Waals surface area contributed by atoms with Crippen molar-refractivity contribution in [1.29, 1.82) is 0 Å². The highest BCUT2D eigenvalue weighted by molar-refractivity contribution is 9.10. The molecule has 1 aliphatic rings. The van der Waals surface area contributed by atoms with Crippen LogP contribution in [0, 0.1) is 0 Å². The molecule has 28 heavy (non-hydrogen) atoms. The van der Waals surface area contributed by atoms with Crippen LogP contribution in [0.4, 0.5) is 5.69 Å². The second kappa shape index (κ2) is 9.23. The van der Waals surface area contributed by atoms with Crippen LogP contribution in [-0.2, 0) is 19.6 Å². The van der Waals surface area contributed by atoms with Gasteiger partial charge in [-0.1, -0.05) is 33.6 Å². The largest absolute Gasteiger partial charge is 0.482 e. The molecule has 0 spiro atoms. The third kappa shape index (κ3) is 5.24. The van der Waals surface area contributed by atoms with E-state index in [4.69, 9.17) is 21.1 Å². The Labute approximate surface area is 176 Å². The SMILES string of the molecule is O=C(COc1ccc(S(=O)(=O)N2CCOCC2)cc1Cl)Nc1cccc(Br)c1. The Bertz CT molecular complexity index is 964. The Hall–Kier alpha value is -1.65. The zero-order valence-electron chi connectivity index (χ0n) is 14.7. The molecule has 1 heterocycles. The molecule has 0 saturated carbocycles. The number of carbonyl (C=O) groups excluding carboxylic acids is 1. The quantitative estimate of drug-likeness (QED) is 0.674. The summed E-state index contributed by atoms with van der Waals surface area (Å²) in [6, 6.07) is 11.3. The molecule has 1 amide bonds. The van der Waals surface area contributed by atoms with E-state index in [1.54, 1.807) is 18.2 Å². The Morgan fingerprint density at radius 1 is 1.21 bits per heavy atom. The molecule has 2 aromatic carbocycles. The van der Waals surface area contributed by atoms with Gasteiger partial charge in [0.25, 0.3) is 5.91 Å². The van der Waals surface area contributed by atoms with Crippen LogP contribution in [0.25, 0.3) is 0 Å². The predicted molar refractivity (Wildman–Crippen MR) is 109 cm³/mol. The Balaban J connectivity index is 1.63. The topological polar surface area (TPSA) is 84.9 Å². The zero-order valence-corrected chi connectivity index (χ0v) is 17.9. The summed E-state index contributed by atoms with van der Waals surface area (Å²) in [7, 11) is -3.65. The third-order valence-electron chi connectivity index (χ3n) is 3.98. The highest BCUT2D eigenvalue weighted by atomic mass is 79.9. The number of morpholine rings is 1. The summed E-state index contributed by atoms with van der Waals surface area (Å²) >= 11 is 9.50. The zero-order chi connectivity index (χ0) is 20.1. The molecule has 3 rings (SSSR count). The molecule has 7 nitrogen and oxygen atoms in total. The van der Waals surface area contributed by atoms with Crippen molar-refractivity contribution in [2.24, 2.45) is 0 Å². The predicted octanol–water partition coefficient (Wildman–Crippen LogP) is 3.14. The molecule has 1 N–H and O–H groups in total. The molecule has 0 aromatic heterocycles. The molecule has 0 bridgehead atoms. The maximum atomic E-state index is 12.7. The lowest BCUT2D eigenvalue weighted by atomic mass is 10.3. The lowest BCUT2D eigenvalue weighted by molar-refractivity contribution is -0.118. The van der Waals surface area contributed by atoms with Crippen molar-refractivity contribution in [3.8, 4) is 5.75 Å². The lowest BCUT2D eigenvalue weighted by Gasteiger charge is -2.26. The van der Waals surface area contributed by atoms with Gasteiger partial charge in [-0.3, -0.25) is 4.79 Å². The van der Waals surface area contributed by atoms with Gasteiger partial charge in [0.2, 0.25) is 10.0 Å². The summed E-state index contributed by atoms with van der Waals surface area (Å²) < 4.78 is 38.1. The standard InChI is InChI=1S/C18H18BrClN2O5S/c19-13-2-1-3-14(10-13)21-18(23)12-27-17-5-4-15(11-16(17)20)28(24,25)22-6-8-26-9-7-22/h1-5,10-11H,6-9,12H2,(H,21,23). The van der Waals surface area contributed by atoms with Crippen LogP contribution >= 0.6 is 27.5 Å². The molecule has 0 atom stereocenters. The minimum absolute atomic E-state index is 0.0744. The molecule has 10 heteroatoms. The first kappa shape index (κ1) is 21.1.